The third kappa shape index (κ3) is 4.39. The van der Waals surface area contributed by atoms with Gasteiger partial charge >= 0.3 is 0 Å². The number of amides is 3. The second-order valence-electron chi connectivity index (χ2n) is 10.6. The highest BCUT2D eigenvalue weighted by molar-refractivity contribution is 6.05. The zero-order valence-corrected chi connectivity index (χ0v) is 20.4. The number of nitrogens with one attached hydrogen (secondary N) is 1. The molecule has 1 saturated carbocycles. The molecule has 1 aromatic heterocycles. The van der Waals surface area contributed by atoms with Gasteiger partial charge in [-0.2, -0.15) is 0 Å². The van der Waals surface area contributed by atoms with E-state index in [4.69, 9.17) is 4.74 Å². The molecule has 1 aromatic carbocycles. The monoisotopic (exact) mass is 488 g/mol. The largest absolute Gasteiger partial charge is 0.493 e. The summed E-state index contributed by atoms with van der Waals surface area (Å²) in [6.45, 7) is 3.24. The maximum atomic E-state index is 12.9. The molecule has 8 heteroatoms. The summed E-state index contributed by atoms with van der Waals surface area (Å²) in [5.74, 6) is 1.05. The van der Waals surface area contributed by atoms with E-state index in [1.165, 1.54) is 31.2 Å². The highest BCUT2D eigenvalue weighted by atomic mass is 16.5. The van der Waals surface area contributed by atoms with Crippen molar-refractivity contribution in [2.75, 3.05) is 19.7 Å². The van der Waals surface area contributed by atoms with Crippen molar-refractivity contribution >= 4 is 17.7 Å². The van der Waals surface area contributed by atoms with Crippen molar-refractivity contribution in [1.82, 2.24) is 20.1 Å². The van der Waals surface area contributed by atoms with Gasteiger partial charge in [-0.1, -0.05) is 12.8 Å². The second-order valence-corrected chi connectivity index (χ2v) is 10.6. The van der Waals surface area contributed by atoms with Gasteiger partial charge in [0.05, 0.1) is 6.61 Å². The van der Waals surface area contributed by atoms with Gasteiger partial charge in [0, 0.05) is 61.9 Å². The van der Waals surface area contributed by atoms with Crippen molar-refractivity contribution in [3.8, 4) is 5.75 Å². The van der Waals surface area contributed by atoms with E-state index in [9.17, 15) is 14.4 Å². The Balaban J connectivity index is 1.07. The topological polar surface area (TPSA) is 91.8 Å². The smallest absolute Gasteiger partial charge is 0.255 e. The van der Waals surface area contributed by atoms with E-state index >= 15 is 0 Å². The molecule has 188 valence electrons. The number of aromatic nitrogens is 1. The molecule has 4 heterocycles. The molecule has 6 rings (SSSR count). The molecule has 1 unspecified atom stereocenters. The molecule has 1 N–H and O–H groups in total. The van der Waals surface area contributed by atoms with Crippen LogP contribution in [0.1, 0.15) is 65.9 Å². The molecular weight excluding hydrogens is 456 g/mol. The molecule has 0 bridgehead atoms. The molecule has 3 aliphatic heterocycles. The third-order valence-corrected chi connectivity index (χ3v) is 8.38. The van der Waals surface area contributed by atoms with Gasteiger partial charge in [-0.3, -0.25) is 29.6 Å². The van der Waals surface area contributed by atoms with E-state index in [2.05, 4.69) is 27.3 Å². The Kier molecular flexibility index (Phi) is 6.21. The minimum atomic E-state index is -0.595. The highest BCUT2D eigenvalue weighted by Crippen LogP contribution is 2.37. The number of nitrogens with zero attached hydrogens (tertiary/aromatic N) is 3. The predicted octanol–water partition coefficient (Wildman–Crippen LogP) is 2.88. The predicted molar refractivity (Wildman–Crippen MR) is 132 cm³/mol. The van der Waals surface area contributed by atoms with Crippen LogP contribution in [-0.4, -0.2) is 64.3 Å². The molecule has 3 fully saturated rings. The van der Waals surface area contributed by atoms with Crippen molar-refractivity contribution in [3.63, 3.8) is 0 Å². The van der Waals surface area contributed by atoms with E-state index in [0.29, 0.717) is 43.0 Å². The van der Waals surface area contributed by atoms with Crippen LogP contribution in [0.25, 0.3) is 0 Å². The van der Waals surface area contributed by atoms with Crippen molar-refractivity contribution < 1.29 is 19.1 Å². The Morgan fingerprint density at radius 1 is 1.00 bits per heavy atom. The normalized spacial score (nSPS) is 26.9. The Morgan fingerprint density at radius 3 is 2.61 bits per heavy atom. The number of carbonyl (C=O) groups excluding carboxylic acids is 3. The summed E-state index contributed by atoms with van der Waals surface area (Å²) >= 11 is 0. The molecule has 2 saturated heterocycles. The van der Waals surface area contributed by atoms with Crippen LogP contribution < -0.4 is 10.1 Å². The van der Waals surface area contributed by atoms with Crippen LogP contribution in [0, 0.1) is 5.92 Å². The Bertz CT molecular complexity index is 1160. The molecule has 0 spiro atoms. The molecule has 2 aromatic rings. The first-order valence-corrected chi connectivity index (χ1v) is 13.1. The first-order valence-electron chi connectivity index (χ1n) is 13.1. The fourth-order valence-electron chi connectivity index (χ4n) is 6.34. The number of carbonyl (C=O) groups is 3. The maximum Gasteiger partial charge on any atom is 0.255 e. The summed E-state index contributed by atoms with van der Waals surface area (Å²) in [7, 11) is 0. The summed E-state index contributed by atoms with van der Waals surface area (Å²) in [4.78, 5) is 45.1. The lowest BCUT2D eigenvalue weighted by atomic mass is 9.80. The summed E-state index contributed by atoms with van der Waals surface area (Å²) in [5.41, 5.74) is 2.87. The van der Waals surface area contributed by atoms with E-state index in [0.717, 1.165) is 24.4 Å². The molecule has 0 radical (unpaired) electrons. The summed E-state index contributed by atoms with van der Waals surface area (Å²) in [5, 5.41) is 2.35. The SMILES string of the molecule is O=C1CC[C@@H](N2Cc3cc(OCC4CCCC[C@@H]4N4CC(c5ccncc5)C4)ccc3C2=O)C(=O)N1. The standard InChI is InChI=1S/C28H32N4O4/c33-26-8-7-25(27(34)30-26)32-16-20-13-22(5-6-23(20)28(32)35)36-17-19-3-1-2-4-24(19)31-14-21(15-31)18-9-11-29-12-10-18/h5-6,9-13,19,21,24-25H,1-4,7-8,14-17H2,(H,30,33,34)/t19?,24-,25+/m0/s1. The average molecular weight is 489 g/mol. The first-order chi connectivity index (χ1) is 17.6. The van der Waals surface area contributed by atoms with E-state index < -0.39 is 6.04 Å². The number of pyridine rings is 1. The van der Waals surface area contributed by atoms with Crippen LogP contribution in [0.15, 0.2) is 42.7 Å². The molecule has 3 atom stereocenters. The zero-order valence-electron chi connectivity index (χ0n) is 20.4. The van der Waals surface area contributed by atoms with Crippen molar-refractivity contribution in [3.05, 3.63) is 59.4 Å². The van der Waals surface area contributed by atoms with E-state index in [1.54, 1.807) is 4.90 Å². The number of imide groups is 1. The van der Waals surface area contributed by atoms with E-state index in [1.807, 2.05) is 30.6 Å². The third-order valence-electron chi connectivity index (χ3n) is 8.38. The molecule has 3 amide bonds. The molecule has 1 aliphatic carbocycles. The number of rotatable bonds is 6. The van der Waals surface area contributed by atoms with Crippen LogP contribution in [0.4, 0.5) is 0 Å². The van der Waals surface area contributed by atoms with Crippen molar-refractivity contribution in [1.29, 1.82) is 0 Å². The van der Waals surface area contributed by atoms with Gasteiger partial charge in [-0.05, 0) is 60.7 Å². The lowest BCUT2D eigenvalue weighted by Crippen LogP contribution is -2.55. The lowest BCUT2D eigenvalue weighted by molar-refractivity contribution is -0.136. The van der Waals surface area contributed by atoms with Gasteiger partial charge in [0.15, 0.2) is 0 Å². The molecular formula is C28H32N4O4. The van der Waals surface area contributed by atoms with Gasteiger partial charge in [0.25, 0.3) is 5.91 Å². The number of benzene rings is 1. The Hall–Kier alpha value is -3.26. The minimum Gasteiger partial charge on any atom is -0.493 e. The maximum absolute atomic E-state index is 12.9. The summed E-state index contributed by atoms with van der Waals surface area (Å²) in [6, 6.07) is 9.84. The van der Waals surface area contributed by atoms with Crippen LogP contribution >= 0.6 is 0 Å². The van der Waals surface area contributed by atoms with Crippen LogP contribution in [0.2, 0.25) is 0 Å². The highest BCUT2D eigenvalue weighted by Gasteiger charge is 2.40. The number of hydrogen-bond acceptors (Lipinski definition) is 6. The lowest BCUT2D eigenvalue weighted by Gasteiger charge is -2.48. The zero-order chi connectivity index (χ0) is 24.6. The van der Waals surface area contributed by atoms with Gasteiger partial charge in [0.1, 0.15) is 11.8 Å². The first kappa shape index (κ1) is 23.2. The quantitative estimate of drug-likeness (QED) is 0.629. The molecule has 4 aliphatic rings. The molecule has 8 nitrogen and oxygen atoms in total. The van der Waals surface area contributed by atoms with E-state index in [-0.39, 0.29) is 24.1 Å². The fraction of sp³-hybridized carbons (Fsp3) is 0.500. The number of fused-ring (bicyclic) bond motifs is 1. The van der Waals surface area contributed by atoms with Gasteiger partial charge in [-0.15, -0.1) is 0 Å². The van der Waals surface area contributed by atoms with Crippen molar-refractivity contribution in [2.45, 2.75) is 63.1 Å². The number of ether oxygens (including phenoxy) is 1. The number of likely N-dealkylation sites (tertiary alicyclic amines) is 1. The average Bonchev–Trinajstić information content (AvgIpc) is 3.18. The van der Waals surface area contributed by atoms with Crippen LogP contribution in [0.5, 0.6) is 5.75 Å². The number of hydrogen-bond donors (Lipinski definition) is 1. The summed E-state index contributed by atoms with van der Waals surface area (Å²) in [6.07, 6.45) is 9.29. The molecule has 36 heavy (non-hydrogen) atoms. The fourth-order valence-corrected chi connectivity index (χ4v) is 6.34. The number of piperidine rings is 1. The van der Waals surface area contributed by atoms with Gasteiger partial charge in [0.2, 0.25) is 11.8 Å². The second kappa shape index (κ2) is 9.65. The van der Waals surface area contributed by atoms with Gasteiger partial charge < -0.3 is 9.64 Å². The van der Waals surface area contributed by atoms with Gasteiger partial charge in [-0.25, -0.2) is 0 Å². The Labute approximate surface area is 211 Å². The summed E-state index contributed by atoms with van der Waals surface area (Å²) < 4.78 is 6.29. The minimum absolute atomic E-state index is 0.153. The Morgan fingerprint density at radius 2 is 1.81 bits per heavy atom. The van der Waals surface area contributed by atoms with Crippen LogP contribution in [0.3, 0.4) is 0 Å². The van der Waals surface area contributed by atoms with Crippen molar-refractivity contribution in [2.24, 2.45) is 5.92 Å². The van der Waals surface area contributed by atoms with Crippen LogP contribution in [-0.2, 0) is 16.1 Å².